The minimum Gasteiger partial charge on any atom is -0.292 e. The fourth-order valence-corrected chi connectivity index (χ4v) is 2.10. The minimum absolute atomic E-state index is 0.290. The van der Waals surface area contributed by atoms with Crippen molar-refractivity contribution >= 4 is 17.5 Å². The molecule has 2 N–H and O–H groups in total. The first-order valence-electron chi connectivity index (χ1n) is 5.96. The highest BCUT2D eigenvalue weighted by Crippen LogP contribution is 2.25. The van der Waals surface area contributed by atoms with E-state index in [4.69, 9.17) is 0 Å². The van der Waals surface area contributed by atoms with Crippen LogP contribution in [0.15, 0.2) is 24.5 Å². The number of aryl methyl sites for hydroxylation is 1. The summed E-state index contributed by atoms with van der Waals surface area (Å²) in [6.07, 6.45) is 4.45. The molecule has 1 aliphatic rings. The van der Waals surface area contributed by atoms with Crippen LogP contribution in [0, 0.1) is 5.82 Å². The number of rotatable bonds is 1. The molecule has 0 saturated heterocycles. The minimum atomic E-state index is -0.437. The van der Waals surface area contributed by atoms with E-state index in [0.29, 0.717) is 12.4 Å². The summed E-state index contributed by atoms with van der Waals surface area (Å²) in [5.74, 6) is -0.116. The van der Waals surface area contributed by atoms with Crippen molar-refractivity contribution in [2.45, 2.75) is 12.8 Å². The predicted molar refractivity (Wildman–Crippen MR) is 67.5 cm³/mol. The van der Waals surface area contributed by atoms with Crippen LogP contribution in [-0.4, -0.2) is 27.8 Å². The molecule has 19 heavy (non-hydrogen) atoms. The van der Waals surface area contributed by atoms with Crippen LogP contribution in [0.2, 0.25) is 0 Å². The highest BCUT2D eigenvalue weighted by atomic mass is 19.1. The first kappa shape index (κ1) is 11.6. The van der Waals surface area contributed by atoms with Gasteiger partial charge in [-0.15, -0.1) is 0 Å². The molecule has 0 spiro atoms. The van der Waals surface area contributed by atoms with Crippen LogP contribution < -0.4 is 10.2 Å². The van der Waals surface area contributed by atoms with Gasteiger partial charge in [0.05, 0.1) is 23.8 Å². The number of hydrogen-bond donors (Lipinski definition) is 2. The lowest BCUT2D eigenvalue weighted by molar-refractivity contribution is 0.256. The quantitative estimate of drug-likeness (QED) is 0.823. The van der Waals surface area contributed by atoms with Crippen molar-refractivity contribution < 1.29 is 9.18 Å². The third kappa shape index (κ3) is 2.26. The second kappa shape index (κ2) is 4.68. The van der Waals surface area contributed by atoms with Crippen molar-refractivity contribution in [1.82, 2.24) is 15.2 Å². The third-order valence-corrected chi connectivity index (χ3v) is 3.00. The molecule has 6 nitrogen and oxygen atoms in total. The Hall–Kier alpha value is -2.44. The lowest BCUT2D eigenvalue weighted by Gasteiger charge is -2.26. The number of nitrogens with zero attached hydrogens (tertiary/aromatic N) is 3. The van der Waals surface area contributed by atoms with Crippen molar-refractivity contribution in [3.63, 3.8) is 0 Å². The van der Waals surface area contributed by atoms with Gasteiger partial charge in [-0.3, -0.25) is 15.3 Å². The van der Waals surface area contributed by atoms with E-state index in [1.807, 2.05) is 0 Å². The topological polar surface area (TPSA) is 73.9 Å². The fraction of sp³-hybridized carbons (Fsp3) is 0.250. The molecule has 0 unspecified atom stereocenters. The molecule has 3 rings (SSSR count). The summed E-state index contributed by atoms with van der Waals surface area (Å²) < 4.78 is 12.7. The van der Waals surface area contributed by atoms with Gasteiger partial charge in [0.15, 0.2) is 0 Å². The van der Waals surface area contributed by atoms with Crippen LogP contribution >= 0.6 is 0 Å². The summed E-state index contributed by atoms with van der Waals surface area (Å²) in [5, 5.41) is 9.46. The Morgan fingerprint density at radius 3 is 3.11 bits per heavy atom. The number of carbonyl (C=O) groups excluding carboxylic acids is 1. The molecular formula is C12H12FN5O. The Bertz CT molecular complexity index is 594. The smallest absolute Gasteiger partial charge is 0.292 e. The van der Waals surface area contributed by atoms with E-state index in [0.717, 1.165) is 30.4 Å². The second-order valence-electron chi connectivity index (χ2n) is 4.28. The Morgan fingerprint density at radius 2 is 2.32 bits per heavy atom. The first-order chi connectivity index (χ1) is 9.24. The molecule has 0 radical (unpaired) electrons. The number of aromatic nitrogens is 3. The standard InChI is InChI=1S/C12H12FN5O/c13-8-3-4-11(14-6-8)16-12(19)18-5-1-2-9-10(18)7-15-17-9/h3-4,6-7H,1-2,5H2,(H,15,17)(H,14,16,19). The normalized spacial score (nSPS) is 14.1. The summed E-state index contributed by atoms with van der Waals surface area (Å²) in [5.41, 5.74) is 1.74. The Balaban J connectivity index is 1.77. The maximum absolute atomic E-state index is 12.7. The maximum Gasteiger partial charge on any atom is 0.327 e. The van der Waals surface area contributed by atoms with Crippen LogP contribution in [0.5, 0.6) is 0 Å². The second-order valence-corrected chi connectivity index (χ2v) is 4.28. The molecular weight excluding hydrogens is 249 g/mol. The molecule has 0 saturated carbocycles. The summed E-state index contributed by atoms with van der Waals surface area (Å²) in [6, 6.07) is 2.39. The average molecular weight is 261 g/mol. The number of anilines is 2. The van der Waals surface area contributed by atoms with Crippen LogP contribution in [0.25, 0.3) is 0 Å². The van der Waals surface area contributed by atoms with Gasteiger partial charge in [0.1, 0.15) is 11.6 Å². The van der Waals surface area contributed by atoms with Crippen molar-refractivity contribution in [2.24, 2.45) is 0 Å². The molecule has 0 aromatic carbocycles. The van der Waals surface area contributed by atoms with Crippen molar-refractivity contribution in [3.8, 4) is 0 Å². The van der Waals surface area contributed by atoms with Gasteiger partial charge in [0.25, 0.3) is 0 Å². The SMILES string of the molecule is O=C(Nc1ccc(F)cn1)N1CCCc2[nH]ncc21. The van der Waals surface area contributed by atoms with Crippen molar-refractivity contribution in [1.29, 1.82) is 0 Å². The van der Waals surface area contributed by atoms with Gasteiger partial charge in [-0.25, -0.2) is 14.2 Å². The zero-order valence-corrected chi connectivity index (χ0v) is 10.1. The summed E-state index contributed by atoms with van der Waals surface area (Å²) in [4.78, 5) is 17.6. The van der Waals surface area contributed by atoms with Gasteiger partial charge < -0.3 is 0 Å². The van der Waals surface area contributed by atoms with Gasteiger partial charge in [0, 0.05) is 6.54 Å². The molecule has 2 aromatic rings. The number of halogens is 1. The number of pyridine rings is 1. The molecule has 98 valence electrons. The zero-order valence-electron chi connectivity index (χ0n) is 10.1. The van der Waals surface area contributed by atoms with E-state index in [2.05, 4.69) is 20.5 Å². The lowest BCUT2D eigenvalue weighted by atomic mass is 10.1. The molecule has 0 atom stereocenters. The monoisotopic (exact) mass is 261 g/mol. The molecule has 7 heteroatoms. The third-order valence-electron chi connectivity index (χ3n) is 3.00. The number of urea groups is 1. The molecule has 1 aliphatic heterocycles. The van der Waals surface area contributed by atoms with E-state index >= 15 is 0 Å². The maximum atomic E-state index is 12.7. The lowest BCUT2D eigenvalue weighted by Crippen LogP contribution is -2.38. The number of H-pyrrole nitrogens is 1. The number of amides is 2. The molecule has 0 bridgehead atoms. The molecule has 0 aliphatic carbocycles. The summed E-state index contributed by atoms with van der Waals surface area (Å²) in [6.45, 7) is 0.625. The van der Waals surface area contributed by atoms with E-state index in [1.54, 1.807) is 11.1 Å². The van der Waals surface area contributed by atoms with E-state index in [-0.39, 0.29) is 6.03 Å². The highest BCUT2D eigenvalue weighted by Gasteiger charge is 2.24. The van der Waals surface area contributed by atoms with Crippen LogP contribution in [0.4, 0.5) is 20.7 Å². The number of fused-ring (bicyclic) bond motifs is 1. The average Bonchev–Trinajstić information content (AvgIpc) is 2.89. The number of hydrogen-bond acceptors (Lipinski definition) is 3. The van der Waals surface area contributed by atoms with E-state index in [1.165, 1.54) is 12.1 Å². The molecule has 2 aromatic heterocycles. The van der Waals surface area contributed by atoms with Gasteiger partial charge in [-0.1, -0.05) is 0 Å². The molecule has 0 fully saturated rings. The van der Waals surface area contributed by atoms with E-state index < -0.39 is 5.82 Å². The van der Waals surface area contributed by atoms with Gasteiger partial charge in [-0.05, 0) is 25.0 Å². The summed E-state index contributed by atoms with van der Waals surface area (Å²) >= 11 is 0. The summed E-state index contributed by atoms with van der Waals surface area (Å²) in [7, 11) is 0. The van der Waals surface area contributed by atoms with Crippen molar-refractivity contribution in [3.05, 3.63) is 36.0 Å². The van der Waals surface area contributed by atoms with Gasteiger partial charge in [0.2, 0.25) is 0 Å². The van der Waals surface area contributed by atoms with Crippen LogP contribution in [-0.2, 0) is 6.42 Å². The number of carbonyl (C=O) groups is 1. The zero-order chi connectivity index (χ0) is 13.2. The van der Waals surface area contributed by atoms with Gasteiger partial charge in [-0.2, -0.15) is 5.10 Å². The fourth-order valence-electron chi connectivity index (χ4n) is 2.10. The largest absolute Gasteiger partial charge is 0.327 e. The van der Waals surface area contributed by atoms with Crippen LogP contribution in [0.1, 0.15) is 12.1 Å². The molecule has 2 amide bonds. The van der Waals surface area contributed by atoms with E-state index in [9.17, 15) is 9.18 Å². The number of nitrogens with one attached hydrogen (secondary N) is 2. The van der Waals surface area contributed by atoms with Crippen molar-refractivity contribution in [2.75, 3.05) is 16.8 Å². The Kier molecular flexibility index (Phi) is 2.86. The Labute approximate surface area is 108 Å². The first-order valence-corrected chi connectivity index (χ1v) is 5.96. The van der Waals surface area contributed by atoms with Gasteiger partial charge >= 0.3 is 6.03 Å². The highest BCUT2D eigenvalue weighted by molar-refractivity contribution is 6.01. The molecule has 3 heterocycles. The number of aromatic amines is 1. The van der Waals surface area contributed by atoms with Crippen LogP contribution in [0.3, 0.4) is 0 Å². The predicted octanol–water partition coefficient (Wildman–Crippen LogP) is 1.93. The Morgan fingerprint density at radius 1 is 1.42 bits per heavy atom.